The summed E-state index contributed by atoms with van der Waals surface area (Å²) in [5.74, 6) is -1.18. The van der Waals surface area contributed by atoms with Crippen LogP contribution >= 0.6 is 34.5 Å². The zero-order chi connectivity index (χ0) is 14.7. The van der Waals surface area contributed by atoms with Gasteiger partial charge in [0, 0.05) is 0 Å². The molecule has 0 amide bonds. The lowest BCUT2D eigenvalue weighted by Crippen LogP contribution is -2.28. The summed E-state index contributed by atoms with van der Waals surface area (Å²) in [6.45, 7) is 0. The Labute approximate surface area is 124 Å². The second-order valence-corrected chi connectivity index (χ2v) is 9.15. The van der Waals surface area contributed by atoms with Gasteiger partial charge in [-0.25, -0.2) is 8.42 Å². The maximum atomic E-state index is 12.1. The van der Waals surface area contributed by atoms with E-state index in [1.54, 1.807) is 11.4 Å². The number of rotatable bonds is 7. The number of thiophene rings is 1. The van der Waals surface area contributed by atoms with E-state index in [-0.39, 0.29) is 17.1 Å². The molecule has 0 radical (unpaired) electrons. The Morgan fingerprint density at radius 2 is 2.11 bits per heavy atom. The molecule has 0 saturated heterocycles. The minimum absolute atomic E-state index is 0.0326. The van der Waals surface area contributed by atoms with Crippen LogP contribution < -0.4 is 0 Å². The maximum absolute atomic E-state index is 12.1. The largest absolute Gasteiger partial charge is 0.481 e. The molecule has 1 unspecified atom stereocenters. The smallest absolute Gasteiger partial charge is 0.305 e. The molecule has 1 atom stereocenters. The van der Waals surface area contributed by atoms with E-state index in [9.17, 15) is 18.3 Å². The summed E-state index contributed by atoms with van der Waals surface area (Å²) in [5, 5.41) is 19.4. The summed E-state index contributed by atoms with van der Waals surface area (Å²) in [6, 6.07) is 2.94. The molecular weight excluding hydrogens is 335 g/mol. The number of aliphatic carboxylic acids is 1. The van der Waals surface area contributed by atoms with E-state index >= 15 is 0 Å². The van der Waals surface area contributed by atoms with Crippen molar-refractivity contribution in [1.82, 2.24) is 0 Å². The van der Waals surface area contributed by atoms with Crippen LogP contribution in [0.2, 0.25) is 0 Å². The van der Waals surface area contributed by atoms with Gasteiger partial charge in [-0.1, -0.05) is 29.3 Å². The van der Waals surface area contributed by atoms with Crippen LogP contribution in [0.25, 0.3) is 0 Å². The van der Waals surface area contributed by atoms with Gasteiger partial charge in [-0.2, -0.15) is 0 Å². The Morgan fingerprint density at radius 1 is 1.47 bits per heavy atom. The number of aliphatic hydroxyl groups is 1. The van der Waals surface area contributed by atoms with Crippen molar-refractivity contribution in [3.05, 3.63) is 17.5 Å². The van der Waals surface area contributed by atoms with Gasteiger partial charge in [-0.15, -0.1) is 11.3 Å². The average Bonchev–Trinajstić information content (AvgIpc) is 2.79. The van der Waals surface area contributed by atoms with Gasteiger partial charge in [-0.3, -0.25) is 4.79 Å². The van der Waals surface area contributed by atoms with Crippen LogP contribution in [0.5, 0.6) is 0 Å². The number of carbonyl (C=O) groups is 1. The molecule has 9 heteroatoms. The summed E-state index contributed by atoms with van der Waals surface area (Å²) < 4.78 is 22.1. The van der Waals surface area contributed by atoms with Gasteiger partial charge in [0.05, 0.1) is 12.5 Å². The van der Waals surface area contributed by atoms with Gasteiger partial charge in [0.2, 0.25) is 13.5 Å². The van der Waals surface area contributed by atoms with Crippen LogP contribution in [-0.2, 0) is 14.6 Å². The fraction of sp³-hybridized carbons (Fsp3) is 0.500. The van der Waals surface area contributed by atoms with Gasteiger partial charge in [-0.05, 0) is 24.3 Å². The highest BCUT2D eigenvalue weighted by molar-refractivity contribution is 7.97. The second kappa shape index (κ2) is 6.41. The van der Waals surface area contributed by atoms with E-state index in [1.165, 1.54) is 6.07 Å². The van der Waals surface area contributed by atoms with Crippen LogP contribution in [0.4, 0.5) is 0 Å². The molecule has 0 bridgehead atoms. The molecule has 0 aliphatic heterocycles. The van der Waals surface area contributed by atoms with E-state index in [0.29, 0.717) is 0 Å². The standard InChI is InChI=1S/C10H12Cl2O5S2/c11-10(12,4-3-7(13)6-8(14)15)19(16,17)9-2-1-5-18-9/h1-2,5,7,13H,3-4,6H2,(H,14,15). The molecule has 5 nitrogen and oxygen atoms in total. The number of aliphatic hydroxyl groups excluding tert-OH is 1. The van der Waals surface area contributed by atoms with Crippen molar-refractivity contribution in [2.45, 2.75) is 33.2 Å². The molecule has 1 heterocycles. The first-order valence-electron chi connectivity index (χ1n) is 5.22. The Bertz CT molecular complexity index is 524. The van der Waals surface area contributed by atoms with E-state index in [0.717, 1.165) is 11.3 Å². The van der Waals surface area contributed by atoms with E-state index < -0.39 is 32.0 Å². The van der Waals surface area contributed by atoms with Gasteiger partial charge in [0.1, 0.15) is 4.21 Å². The van der Waals surface area contributed by atoms with E-state index in [2.05, 4.69) is 0 Å². The van der Waals surface area contributed by atoms with Crippen molar-refractivity contribution in [2.24, 2.45) is 0 Å². The summed E-state index contributed by atoms with van der Waals surface area (Å²) in [6.07, 6.45) is -2.05. The molecule has 0 aromatic carbocycles. The zero-order valence-electron chi connectivity index (χ0n) is 9.62. The number of halogens is 2. The summed E-state index contributed by atoms with van der Waals surface area (Å²) in [5.41, 5.74) is 0. The molecule has 0 saturated carbocycles. The Balaban J connectivity index is 2.73. The molecule has 2 N–H and O–H groups in total. The minimum Gasteiger partial charge on any atom is -0.481 e. The molecule has 0 spiro atoms. The molecule has 1 aromatic heterocycles. The molecule has 1 rings (SSSR count). The highest BCUT2D eigenvalue weighted by Crippen LogP contribution is 2.39. The molecule has 0 aliphatic carbocycles. The third-order valence-corrected chi connectivity index (χ3v) is 7.19. The first kappa shape index (κ1) is 16.7. The number of hydrogen-bond donors (Lipinski definition) is 2. The van der Waals surface area contributed by atoms with Crippen molar-refractivity contribution >= 4 is 50.3 Å². The Hall–Kier alpha value is -0.340. The van der Waals surface area contributed by atoms with Gasteiger partial charge in [0.15, 0.2) is 0 Å². The third kappa shape index (κ3) is 4.32. The molecule has 19 heavy (non-hydrogen) atoms. The highest BCUT2D eigenvalue weighted by Gasteiger charge is 2.42. The van der Waals surface area contributed by atoms with Crippen molar-refractivity contribution in [3.63, 3.8) is 0 Å². The molecule has 108 valence electrons. The Kier molecular flexibility index (Phi) is 5.64. The SMILES string of the molecule is O=C(O)CC(O)CCC(Cl)(Cl)S(=O)(=O)c1cccs1. The van der Waals surface area contributed by atoms with Crippen molar-refractivity contribution in [3.8, 4) is 0 Å². The van der Waals surface area contributed by atoms with Crippen LogP contribution in [0.1, 0.15) is 19.3 Å². The highest BCUT2D eigenvalue weighted by atomic mass is 35.5. The number of carboxylic acids is 1. The van der Waals surface area contributed by atoms with Crippen LogP contribution in [0.15, 0.2) is 21.7 Å². The first-order chi connectivity index (χ1) is 8.67. The summed E-state index contributed by atoms with van der Waals surface area (Å²) in [7, 11) is -3.93. The predicted octanol–water partition coefficient (Wildman–Crippen LogP) is 2.27. The lowest BCUT2D eigenvalue weighted by atomic mass is 10.1. The number of sulfone groups is 1. The molecule has 0 fully saturated rings. The van der Waals surface area contributed by atoms with Crippen LogP contribution in [-0.4, -0.2) is 34.4 Å². The topological polar surface area (TPSA) is 91.7 Å². The van der Waals surface area contributed by atoms with Crippen molar-refractivity contribution in [2.75, 3.05) is 0 Å². The number of alkyl halides is 2. The number of hydrogen-bond acceptors (Lipinski definition) is 5. The fourth-order valence-electron chi connectivity index (χ4n) is 1.34. The fourth-order valence-corrected chi connectivity index (χ4v) is 4.81. The lowest BCUT2D eigenvalue weighted by Gasteiger charge is -2.20. The summed E-state index contributed by atoms with van der Waals surface area (Å²) in [4.78, 5) is 10.4. The van der Waals surface area contributed by atoms with Gasteiger partial charge >= 0.3 is 5.97 Å². The van der Waals surface area contributed by atoms with Crippen molar-refractivity contribution < 1.29 is 23.4 Å². The molecular formula is C10H12Cl2O5S2. The first-order valence-corrected chi connectivity index (χ1v) is 8.34. The second-order valence-electron chi connectivity index (χ2n) is 3.86. The van der Waals surface area contributed by atoms with Crippen LogP contribution in [0.3, 0.4) is 0 Å². The third-order valence-electron chi connectivity index (χ3n) is 2.33. The van der Waals surface area contributed by atoms with Crippen molar-refractivity contribution in [1.29, 1.82) is 0 Å². The molecule has 0 aliphatic rings. The Morgan fingerprint density at radius 3 is 2.58 bits per heavy atom. The predicted molar refractivity (Wildman–Crippen MR) is 73.4 cm³/mol. The van der Waals surface area contributed by atoms with E-state index in [1.807, 2.05) is 0 Å². The average molecular weight is 347 g/mol. The summed E-state index contributed by atoms with van der Waals surface area (Å²) >= 11 is 12.6. The van der Waals surface area contributed by atoms with Gasteiger partial charge < -0.3 is 10.2 Å². The number of carboxylic acid groups (broad SMARTS) is 1. The maximum Gasteiger partial charge on any atom is 0.305 e. The minimum atomic E-state index is -3.93. The quantitative estimate of drug-likeness (QED) is 0.739. The van der Waals surface area contributed by atoms with Gasteiger partial charge in [0.25, 0.3) is 0 Å². The lowest BCUT2D eigenvalue weighted by molar-refractivity contribution is -0.139. The van der Waals surface area contributed by atoms with E-state index in [4.69, 9.17) is 28.3 Å². The molecule has 1 aromatic rings. The normalized spacial score (nSPS) is 14.3. The van der Waals surface area contributed by atoms with Crippen LogP contribution in [0, 0.1) is 0 Å². The monoisotopic (exact) mass is 346 g/mol. The zero-order valence-corrected chi connectivity index (χ0v) is 12.8.